The molecule has 0 amide bonds. The number of aryl methyl sites for hydroxylation is 1. The van der Waals surface area contributed by atoms with Crippen LogP contribution < -0.4 is 0 Å². The Hall–Kier alpha value is -0.350. The highest BCUT2D eigenvalue weighted by Crippen LogP contribution is 2.20. The molecule has 4 heteroatoms. The topological polar surface area (TPSA) is 34.1 Å². The molecule has 0 bridgehead atoms. The molecule has 2 nitrogen and oxygen atoms in total. The minimum atomic E-state index is -3.07. The molecule has 0 radical (unpaired) electrons. The van der Waals surface area contributed by atoms with E-state index in [9.17, 15) is 8.42 Å². The van der Waals surface area contributed by atoms with Gasteiger partial charge in [-0.25, -0.2) is 8.42 Å². The molecular weight excluding hydrogens is 252 g/mol. The maximum atomic E-state index is 11.5. The summed E-state index contributed by atoms with van der Waals surface area (Å²) in [4.78, 5) is 0.429. The first kappa shape index (κ1) is 10.7. The van der Waals surface area contributed by atoms with Crippen molar-refractivity contribution in [2.45, 2.75) is 18.7 Å². The summed E-state index contributed by atoms with van der Waals surface area (Å²) >= 11 is 3.29. The second-order valence-electron chi connectivity index (χ2n) is 2.81. The van der Waals surface area contributed by atoms with Gasteiger partial charge < -0.3 is 0 Å². The van der Waals surface area contributed by atoms with Crippen LogP contribution in [0.3, 0.4) is 0 Å². The van der Waals surface area contributed by atoms with E-state index in [1.165, 1.54) is 0 Å². The minimum absolute atomic E-state index is 0.148. The van der Waals surface area contributed by atoms with Crippen LogP contribution in [0.15, 0.2) is 27.6 Å². The zero-order chi connectivity index (χ0) is 10.1. The van der Waals surface area contributed by atoms with Gasteiger partial charge in [0.1, 0.15) is 0 Å². The number of halogens is 1. The molecule has 13 heavy (non-hydrogen) atoms. The quantitative estimate of drug-likeness (QED) is 0.821. The van der Waals surface area contributed by atoms with E-state index in [1.54, 1.807) is 26.0 Å². The lowest BCUT2D eigenvalue weighted by atomic mass is 10.2. The summed E-state index contributed by atoms with van der Waals surface area (Å²) in [5.74, 6) is 0.148. The van der Waals surface area contributed by atoms with Crippen LogP contribution in [0.5, 0.6) is 0 Å². The summed E-state index contributed by atoms with van der Waals surface area (Å²) in [6, 6.07) is 5.19. The standard InChI is InChI=1S/C9H11BrO2S/c1-3-13(11,12)9-5-4-8(10)6-7(9)2/h4-6H,3H2,1-2H3. The largest absolute Gasteiger partial charge is 0.224 e. The molecule has 0 aliphatic rings. The van der Waals surface area contributed by atoms with E-state index >= 15 is 0 Å². The summed E-state index contributed by atoms with van der Waals surface area (Å²) in [5, 5.41) is 0. The summed E-state index contributed by atoms with van der Waals surface area (Å²) < 4.78 is 23.9. The lowest BCUT2D eigenvalue weighted by molar-refractivity contribution is 0.596. The minimum Gasteiger partial charge on any atom is -0.224 e. The van der Waals surface area contributed by atoms with Crippen LogP contribution in [0.25, 0.3) is 0 Å². The Kier molecular flexibility index (Phi) is 3.14. The van der Waals surface area contributed by atoms with Gasteiger partial charge in [-0.1, -0.05) is 22.9 Å². The van der Waals surface area contributed by atoms with E-state index < -0.39 is 9.84 Å². The molecule has 0 aromatic heterocycles. The van der Waals surface area contributed by atoms with Crippen molar-refractivity contribution < 1.29 is 8.42 Å². The van der Waals surface area contributed by atoms with Crippen molar-refractivity contribution in [1.82, 2.24) is 0 Å². The Morgan fingerprint density at radius 2 is 2.00 bits per heavy atom. The van der Waals surface area contributed by atoms with Crippen molar-refractivity contribution in [2.75, 3.05) is 5.75 Å². The Morgan fingerprint density at radius 1 is 1.38 bits per heavy atom. The van der Waals surface area contributed by atoms with Crippen LogP contribution in [-0.2, 0) is 9.84 Å². The summed E-state index contributed by atoms with van der Waals surface area (Å²) in [6.07, 6.45) is 0. The number of hydrogen-bond donors (Lipinski definition) is 0. The van der Waals surface area contributed by atoms with Gasteiger partial charge in [0.05, 0.1) is 10.6 Å². The fourth-order valence-electron chi connectivity index (χ4n) is 1.12. The van der Waals surface area contributed by atoms with Gasteiger partial charge in [0.15, 0.2) is 9.84 Å². The number of sulfone groups is 1. The predicted molar refractivity (Wildman–Crippen MR) is 56.6 cm³/mol. The highest BCUT2D eigenvalue weighted by Gasteiger charge is 2.13. The van der Waals surface area contributed by atoms with Crippen molar-refractivity contribution in [3.63, 3.8) is 0 Å². The van der Waals surface area contributed by atoms with Crippen molar-refractivity contribution >= 4 is 25.8 Å². The normalized spacial score (nSPS) is 11.6. The zero-order valence-corrected chi connectivity index (χ0v) is 9.94. The third-order valence-corrected chi connectivity index (χ3v) is 4.23. The first-order valence-corrected chi connectivity index (χ1v) is 6.41. The molecule has 0 aliphatic carbocycles. The molecule has 1 rings (SSSR count). The van der Waals surface area contributed by atoms with E-state index in [1.807, 2.05) is 6.07 Å². The molecule has 0 aliphatic heterocycles. The van der Waals surface area contributed by atoms with Crippen molar-refractivity contribution in [2.24, 2.45) is 0 Å². The molecule has 1 aromatic rings. The Labute approximate surface area is 87.0 Å². The lowest BCUT2D eigenvalue weighted by Crippen LogP contribution is -2.05. The summed E-state index contributed by atoms with van der Waals surface area (Å²) in [6.45, 7) is 3.45. The Bertz CT molecular complexity index is 410. The van der Waals surface area contributed by atoms with Crippen LogP contribution in [-0.4, -0.2) is 14.2 Å². The third kappa shape index (κ3) is 2.31. The number of rotatable bonds is 2. The van der Waals surface area contributed by atoms with Gasteiger partial charge in [-0.15, -0.1) is 0 Å². The average molecular weight is 263 g/mol. The van der Waals surface area contributed by atoms with Crippen LogP contribution in [0.2, 0.25) is 0 Å². The average Bonchev–Trinajstić information content (AvgIpc) is 2.03. The molecule has 72 valence electrons. The molecule has 0 heterocycles. The van der Waals surface area contributed by atoms with E-state index in [0.29, 0.717) is 4.90 Å². The molecule has 0 spiro atoms. The zero-order valence-electron chi connectivity index (χ0n) is 7.54. The fraction of sp³-hybridized carbons (Fsp3) is 0.333. The van der Waals surface area contributed by atoms with Gasteiger partial charge in [0.25, 0.3) is 0 Å². The van der Waals surface area contributed by atoms with Gasteiger partial charge in [0, 0.05) is 4.47 Å². The second kappa shape index (κ2) is 3.80. The summed E-state index contributed by atoms with van der Waals surface area (Å²) in [7, 11) is -3.07. The van der Waals surface area contributed by atoms with Crippen molar-refractivity contribution in [3.05, 3.63) is 28.2 Å². The fourth-order valence-corrected chi connectivity index (χ4v) is 2.73. The van der Waals surface area contributed by atoms with E-state index in [0.717, 1.165) is 10.0 Å². The Morgan fingerprint density at radius 3 is 2.46 bits per heavy atom. The monoisotopic (exact) mass is 262 g/mol. The molecule has 0 N–H and O–H groups in total. The molecule has 0 fully saturated rings. The molecule has 0 atom stereocenters. The number of benzene rings is 1. The molecular formula is C9H11BrO2S. The predicted octanol–water partition coefficient (Wildman–Crippen LogP) is 2.55. The van der Waals surface area contributed by atoms with Gasteiger partial charge in [-0.05, 0) is 30.7 Å². The van der Waals surface area contributed by atoms with Crippen LogP contribution in [0, 0.1) is 6.92 Å². The molecule has 0 saturated heterocycles. The van der Waals surface area contributed by atoms with E-state index in [2.05, 4.69) is 15.9 Å². The lowest BCUT2D eigenvalue weighted by Gasteiger charge is -2.05. The smallest absolute Gasteiger partial charge is 0.178 e. The molecule has 0 saturated carbocycles. The Balaban J connectivity index is 3.33. The highest BCUT2D eigenvalue weighted by molar-refractivity contribution is 9.10. The molecule has 1 aromatic carbocycles. The SMILES string of the molecule is CCS(=O)(=O)c1ccc(Br)cc1C. The van der Waals surface area contributed by atoms with Crippen LogP contribution in [0.4, 0.5) is 0 Å². The van der Waals surface area contributed by atoms with Crippen molar-refractivity contribution in [3.8, 4) is 0 Å². The maximum absolute atomic E-state index is 11.5. The van der Waals surface area contributed by atoms with Crippen molar-refractivity contribution in [1.29, 1.82) is 0 Å². The summed E-state index contributed by atoms with van der Waals surface area (Å²) in [5.41, 5.74) is 0.788. The first-order valence-electron chi connectivity index (χ1n) is 3.96. The molecule has 0 unspecified atom stereocenters. The van der Waals surface area contributed by atoms with Gasteiger partial charge >= 0.3 is 0 Å². The number of hydrogen-bond acceptors (Lipinski definition) is 2. The first-order chi connectivity index (χ1) is 5.97. The van der Waals surface area contributed by atoms with Gasteiger partial charge in [-0.3, -0.25) is 0 Å². The highest BCUT2D eigenvalue weighted by atomic mass is 79.9. The maximum Gasteiger partial charge on any atom is 0.178 e. The van der Waals surface area contributed by atoms with Gasteiger partial charge in [-0.2, -0.15) is 0 Å². The second-order valence-corrected chi connectivity index (χ2v) is 5.98. The van der Waals surface area contributed by atoms with Gasteiger partial charge in [0.2, 0.25) is 0 Å². The van der Waals surface area contributed by atoms with Crippen LogP contribution >= 0.6 is 15.9 Å². The van der Waals surface area contributed by atoms with Crippen LogP contribution in [0.1, 0.15) is 12.5 Å². The third-order valence-electron chi connectivity index (χ3n) is 1.85. The van der Waals surface area contributed by atoms with E-state index in [-0.39, 0.29) is 5.75 Å². The van der Waals surface area contributed by atoms with E-state index in [4.69, 9.17) is 0 Å².